The lowest BCUT2D eigenvalue weighted by molar-refractivity contribution is -0.168. The van der Waals surface area contributed by atoms with Gasteiger partial charge in [-0.15, -0.1) is 0 Å². The Balaban J connectivity index is 0.00000201. The van der Waals surface area contributed by atoms with Gasteiger partial charge in [-0.3, -0.25) is 9.80 Å². The number of phenols is 1. The number of esters is 2. The number of benzene rings is 2. The van der Waals surface area contributed by atoms with Gasteiger partial charge < -0.3 is 54.4 Å². The highest BCUT2D eigenvalue weighted by Gasteiger charge is 2.75. The number of phenolic OH excluding ortho intramolecular Hbond substituents is 1. The van der Waals surface area contributed by atoms with Crippen LogP contribution in [0.3, 0.4) is 0 Å². The lowest BCUT2D eigenvalue weighted by Crippen LogP contribution is -2.69. The Morgan fingerprint density at radius 2 is 1.57 bits per heavy atom. The summed E-state index contributed by atoms with van der Waals surface area (Å²) in [4.78, 5) is 32.8. The van der Waals surface area contributed by atoms with Crippen LogP contribution < -0.4 is 24.8 Å². The molecular formula is C45H54N4O11. The summed E-state index contributed by atoms with van der Waals surface area (Å²) in [5, 5.41) is 38.8. The van der Waals surface area contributed by atoms with Gasteiger partial charge in [0.1, 0.15) is 18.0 Å². The Bertz CT molecular complexity index is 2330. The minimum atomic E-state index is -0.956. The summed E-state index contributed by atoms with van der Waals surface area (Å²) < 4.78 is 35.9. The maximum atomic E-state index is 13.9. The van der Waals surface area contributed by atoms with Crippen LogP contribution in [-0.4, -0.2) is 129 Å². The smallest absolute Gasteiger partial charge is 0.335 e. The zero-order valence-corrected chi connectivity index (χ0v) is 35.0. The summed E-state index contributed by atoms with van der Waals surface area (Å²) in [7, 11) is 6.90. The Labute approximate surface area is 348 Å². The predicted octanol–water partition coefficient (Wildman–Crippen LogP) is 3.61. The molecule has 3 spiro atoms. The second kappa shape index (κ2) is 12.8. The molecule has 0 aromatic heterocycles. The molecule has 0 radical (unpaired) electrons. The van der Waals surface area contributed by atoms with Gasteiger partial charge in [-0.05, 0) is 74.8 Å². The second-order valence-corrected chi connectivity index (χ2v) is 18.3. The number of methoxy groups -OCH3 is 4. The summed E-state index contributed by atoms with van der Waals surface area (Å²) in [6, 6.07) is 5.76. The molecule has 0 amide bonds. The number of hydrogen-bond donors (Lipinski definition) is 5. The molecule has 0 unspecified atom stereocenters. The van der Waals surface area contributed by atoms with Crippen molar-refractivity contribution >= 4 is 23.3 Å². The number of piperidine rings is 2. The highest BCUT2D eigenvalue weighted by atomic mass is 16.5. The van der Waals surface area contributed by atoms with Crippen LogP contribution in [0.25, 0.3) is 0 Å². The molecule has 320 valence electrons. The van der Waals surface area contributed by atoms with Crippen molar-refractivity contribution in [2.75, 3.05) is 72.4 Å². The molecule has 15 heteroatoms. The highest BCUT2D eigenvalue weighted by molar-refractivity contribution is 5.95. The molecule has 10 aliphatic rings. The lowest BCUT2D eigenvalue weighted by Gasteiger charge is -2.60. The predicted molar refractivity (Wildman–Crippen MR) is 216 cm³/mol. The van der Waals surface area contributed by atoms with Crippen molar-refractivity contribution in [1.29, 1.82) is 0 Å². The number of nitrogens with zero attached hydrogens (tertiary/aromatic N) is 2. The fourth-order valence-electron chi connectivity index (χ4n) is 15.0. The minimum absolute atomic E-state index is 0.0592. The van der Waals surface area contributed by atoms with Gasteiger partial charge in [0.05, 0.1) is 68.2 Å². The van der Waals surface area contributed by atoms with Gasteiger partial charge in [-0.2, -0.15) is 0 Å². The van der Waals surface area contributed by atoms with Crippen LogP contribution in [0, 0.1) is 10.8 Å². The van der Waals surface area contributed by atoms with E-state index in [9.17, 15) is 19.8 Å². The number of hydrogen-bond acceptors (Lipinski definition) is 15. The number of carbonyl (C=O) groups is 2. The Morgan fingerprint density at radius 1 is 0.867 bits per heavy atom. The normalized spacial score (nSPS) is 37.9. The van der Waals surface area contributed by atoms with Crippen LogP contribution in [0.15, 0.2) is 40.7 Å². The van der Waals surface area contributed by atoms with Crippen molar-refractivity contribution in [3.63, 3.8) is 0 Å². The number of fused-ring (bicyclic) bond motifs is 6. The van der Waals surface area contributed by atoms with E-state index < -0.39 is 34.4 Å². The molecule has 60 heavy (non-hydrogen) atoms. The van der Waals surface area contributed by atoms with Gasteiger partial charge in [0.2, 0.25) is 5.75 Å². The van der Waals surface area contributed by atoms with E-state index in [1.54, 1.807) is 13.2 Å². The number of aliphatic hydroxyl groups excluding tert-OH is 2. The van der Waals surface area contributed by atoms with E-state index in [0.29, 0.717) is 55.2 Å². The second-order valence-electron chi connectivity index (χ2n) is 18.3. The summed E-state index contributed by atoms with van der Waals surface area (Å²) in [6.45, 7) is 5.31. The molecule has 10 atom stereocenters. The van der Waals surface area contributed by atoms with Crippen LogP contribution in [0.2, 0.25) is 0 Å². The monoisotopic (exact) mass is 826 g/mol. The number of carbonyl (C=O) groups excluding carboxylic acids is 2. The SMILES string of the molecule is CC[C@@]12CC(C(=O)OC)=C3Nc4c(cc(O)c(OC)c4OC)[C@@]34CCN([C@@H]3c5cc6c(cc5O[C@@H]3[C@H]1O)NC1=C(C(=O)OC)C[C@]35CCO[C@H]3CCN3CC[C@@]16[C@@H]35)[C@@H]24.CO. The topological polar surface area (TPSA) is 181 Å². The van der Waals surface area contributed by atoms with Crippen molar-refractivity contribution in [2.24, 2.45) is 10.8 Å². The van der Waals surface area contributed by atoms with Gasteiger partial charge in [0.15, 0.2) is 11.5 Å². The van der Waals surface area contributed by atoms with Crippen molar-refractivity contribution < 1.29 is 53.3 Å². The molecule has 5 saturated heterocycles. The zero-order valence-electron chi connectivity index (χ0n) is 35.0. The van der Waals surface area contributed by atoms with Crippen molar-refractivity contribution in [3.05, 3.63) is 57.4 Å². The van der Waals surface area contributed by atoms with Crippen LogP contribution in [0.5, 0.6) is 23.0 Å². The standard InChI is InChI=1S/C44H50N4O10.CH4O/c1-6-41-18-21(37(51)55-4)35-44(24-16-26(49)31(53-2)32(54-3)29(24)46-35)9-13-48(40(41)44)30-20-15-23-25(17-27(20)58-33(30)36(41)50)45-34-22(38(52)56-5)19-42-10-14-57-28(42)7-11-47-12-8-43(23,34)39(42)47;1-2/h15-17,28,30,33,36,39-40,45-46,49-50H,6-14,18-19H2,1-5H3;2H,1H3/t28-,30+,33-,36+,39-,40-,41+,42+,43-,44-;/m0./s1. The average molecular weight is 827 g/mol. The molecular weight excluding hydrogens is 773 g/mol. The van der Waals surface area contributed by atoms with Crippen molar-refractivity contribution in [2.45, 2.75) is 99.1 Å². The lowest BCUT2D eigenvalue weighted by atomic mass is 9.51. The third-order valence-corrected chi connectivity index (χ3v) is 16.9. The quantitative estimate of drug-likeness (QED) is 0.218. The van der Waals surface area contributed by atoms with Crippen LogP contribution >= 0.6 is 0 Å². The largest absolute Gasteiger partial charge is 0.504 e. The summed E-state index contributed by atoms with van der Waals surface area (Å²) in [6.07, 6.45) is 3.33. The molecule has 12 rings (SSSR count). The number of ether oxygens (including phenoxy) is 6. The first kappa shape index (κ1) is 38.4. The third kappa shape index (κ3) is 4.14. The van der Waals surface area contributed by atoms with Crippen molar-refractivity contribution in [1.82, 2.24) is 9.80 Å². The van der Waals surface area contributed by atoms with Crippen molar-refractivity contribution in [3.8, 4) is 23.0 Å². The number of rotatable bonds is 5. The van der Waals surface area contributed by atoms with E-state index in [-0.39, 0.29) is 53.5 Å². The molecule has 5 N–H and O–H groups in total. The average Bonchev–Trinajstić information content (AvgIpc) is 4.13. The maximum absolute atomic E-state index is 13.9. The first-order valence-corrected chi connectivity index (χ1v) is 21.3. The van der Waals surface area contributed by atoms with E-state index in [0.717, 1.165) is 73.2 Å². The molecule has 2 aromatic rings. The van der Waals surface area contributed by atoms with E-state index in [4.69, 9.17) is 33.5 Å². The molecule has 8 aliphatic heterocycles. The number of anilines is 2. The molecule has 2 aromatic carbocycles. The minimum Gasteiger partial charge on any atom is -0.504 e. The summed E-state index contributed by atoms with van der Waals surface area (Å²) in [5.41, 5.74) is 5.19. The molecule has 2 aliphatic carbocycles. The van der Waals surface area contributed by atoms with Gasteiger partial charge in [-0.25, -0.2) is 9.59 Å². The van der Waals surface area contributed by atoms with E-state index in [1.165, 1.54) is 26.9 Å². The fourth-order valence-corrected chi connectivity index (χ4v) is 15.0. The van der Waals surface area contributed by atoms with E-state index in [2.05, 4.69) is 39.5 Å². The molecule has 5 fully saturated rings. The highest BCUT2D eigenvalue weighted by Crippen LogP contribution is 2.72. The van der Waals surface area contributed by atoms with Crippen LogP contribution in [-0.2, 0) is 34.6 Å². The number of nitrogens with one attached hydrogen (secondary N) is 2. The Hall–Kier alpha value is -4.54. The fraction of sp³-hybridized carbons (Fsp3) is 0.600. The van der Waals surface area contributed by atoms with E-state index in [1.807, 2.05) is 0 Å². The summed E-state index contributed by atoms with van der Waals surface area (Å²) in [5.74, 6) is 0.478. The number of aromatic hydroxyl groups is 1. The van der Waals surface area contributed by atoms with Gasteiger partial charge in [0, 0.05) is 78.4 Å². The summed E-state index contributed by atoms with van der Waals surface area (Å²) >= 11 is 0. The first-order chi connectivity index (χ1) is 29.1. The zero-order chi connectivity index (χ0) is 41.8. The molecule has 15 nitrogen and oxygen atoms in total. The van der Waals surface area contributed by atoms with Gasteiger partial charge in [-0.1, -0.05) is 6.92 Å². The van der Waals surface area contributed by atoms with Crippen LogP contribution in [0.1, 0.15) is 74.6 Å². The number of aliphatic hydroxyl groups is 2. The van der Waals surface area contributed by atoms with E-state index >= 15 is 0 Å². The van der Waals surface area contributed by atoms with Crippen LogP contribution in [0.4, 0.5) is 11.4 Å². The molecule has 0 bridgehead atoms. The Morgan fingerprint density at radius 3 is 2.28 bits per heavy atom. The first-order valence-electron chi connectivity index (χ1n) is 21.3. The van der Waals surface area contributed by atoms with Gasteiger partial charge >= 0.3 is 11.9 Å². The maximum Gasteiger partial charge on any atom is 0.335 e. The van der Waals surface area contributed by atoms with Gasteiger partial charge in [0.25, 0.3) is 0 Å². The molecule has 8 heterocycles. The molecule has 0 saturated carbocycles. The Kier molecular flexibility index (Phi) is 8.16. The third-order valence-electron chi connectivity index (χ3n) is 16.9.